The summed E-state index contributed by atoms with van der Waals surface area (Å²) in [6.07, 6.45) is 0. The van der Waals surface area contributed by atoms with Gasteiger partial charge < -0.3 is 9.47 Å². The molecule has 4 heteroatoms. The summed E-state index contributed by atoms with van der Waals surface area (Å²) in [5, 5.41) is 0. The van der Waals surface area contributed by atoms with Crippen molar-refractivity contribution in [2.45, 2.75) is 0 Å². The molecule has 0 unspecified atom stereocenters. The number of hydrogen-bond donors (Lipinski definition) is 0. The molecule has 0 radical (unpaired) electrons. The SMILES string of the molecule is COc1cc(Br)c(C(=O)c2ccccc2)c(OC)c1. The van der Waals surface area contributed by atoms with Gasteiger partial charge in [0.05, 0.1) is 19.8 Å². The highest BCUT2D eigenvalue weighted by atomic mass is 79.9. The van der Waals surface area contributed by atoms with Gasteiger partial charge in [-0.2, -0.15) is 0 Å². The lowest BCUT2D eigenvalue weighted by molar-refractivity contribution is 0.103. The Morgan fingerprint density at radius 2 is 1.74 bits per heavy atom. The number of ketones is 1. The van der Waals surface area contributed by atoms with Gasteiger partial charge in [0.25, 0.3) is 0 Å². The number of hydrogen-bond acceptors (Lipinski definition) is 3. The van der Waals surface area contributed by atoms with E-state index in [4.69, 9.17) is 9.47 Å². The first kappa shape index (κ1) is 13.6. The molecule has 2 aromatic carbocycles. The highest BCUT2D eigenvalue weighted by molar-refractivity contribution is 9.10. The van der Waals surface area contributed by atoms with Crippen molar-refractivity contribution in [3.8, 4) is 11.5 Å². The molecule has 0 aromatic heterocycles. The van der Waals surface area contributed by atoms with Crippen molar-refractivity contribution in [1.82, 2.24) is 0 Å². The molecule has 0 spiro atoms. The van der Waals surface area contributed by atoms with Gasteiger partial charge in [-0.05, 0) is 22.0 Å². The summed E-state index contributed by atoms with van der Waals surface area (Å²) < 4.78 is 11.1. The van der Waals surface area contributed by atoms with Crippen LogP contribution in [0, 0.1) is 0 Å². The highest BCUT2D eigenvalue weighted by Crippen LogP contribution is 2.33. The van der Waals surface area contributed by atoms with Crippen LogP contribution in [0.15, 0.2) is 46.9 Å². The van der Waals surface area contributed by atoms with Crippen LogP contribution in [0.4, 0.5) is 0 Å². The number of rotatable bonds is 4. The lowest BCUT2D eigenvalue weighted by Crippen LogP contribution is -2.05. The molecule has 19 heavy (non-hydrogen) atoms. The predicted octanol–water partition coefficient (Wildman–Crippen LogP) is 3.70. The summed E-state index contributed by atoms with van der Waals surface area (Å²) in [6.45, 7) is 0. The lowest BCUT2D eigenvalue weighted by atomic mass is 10.0. The van der Waals surface area contributed by atoms with Crippen LogP contribution in [-0.2, 0) is 0 Å². The Labute approximate surface area is 120 Å². The Balaban J connectivity index is 2.53. The van der Waals surface area contributed by atoms with Gasteiger partial charge in [-0.15, -0.1) is 0 Å². The van der Waals surface area contributed by atoms with E-state index in [9.17, 15) is 4.79 Å². The Hall–Kier alpha value is -1.81. The summed E-state index contributed by atoms with van der Waals surface area (Å²) in [4.78, 5) is 12.5. The molecule has 0 bridgehead atoms. The molecular weight excluding hydrogens is 308 g/mol. The van der Waals surface area contributed by atoms with Crippen molar-refractivity contribution < 1.29 is 14.3 Å². The van der Waals surface area contributed by atoms with E-state index in [-0.39, 0.29) is 5.78 Å². The predicted molar refractivity (Wildman–Crippen MR) is 77.1 cm³/mol. The zero-order chi connectivity index (χ0) is 13.8. The Kier molecular flexibility index (Phi) is 4.22. The van der Waals surface area contributed by atoms with Crippen molar-refractivity contribution in [2.75, 3.05) is 14.2 Å². The van der Waals surface area contributed by atoms with E-state index in [1.165, 1.54) is 7.11 Å². The fourth-order valence-corrected chi connectivity index (χ4v) is 2.39. The monoisotopic (exact) mass is 320 g/mol. The topological polar surface area (TPSA) is 35.5 Å². The molecule has 0 N–H and O–H groups in total. The minimum atomic E-state index is -0.0908. The number of methoxy groups -OCH3 is 2. The first-order chi connectivity index (χ1) is 9.17. The Morgan fingerprint density at radius 3 is 2.32 bits per heavy atom. The van der Waals surface area contributed by atoms with Gasteiger partial charge in [0.2, 0.25) is 0 Å². The van der Waals surface area contributed by atoms with E-state index in [0.29, 0.717) is 27.1 Å². The summed E-state index contributed by atoms with van der Waals surface area (Å²) in [7, 11) is 3.10. The molecule has 0 aliphatic heterocycles. The molecule has 0 atom stereocenters. The second-order valence-electron chi connectivity index (χ2n) is 3.88. The van der Waals surface area contributed by atoms with E-state index in [1.807, 2.05) is 18.2 Å². The van der Waals surface area contributed by atoms with Crippen molar-refractivity contribution in [3.63, 3.8) is 0 Å². The fourth-order valence-electron chi connectivity index (χ4n) is 1.79. The third-order valence-corrected chi connectivity index (χ3v) is 3.37. The van der Waals surface area contributed by atoms with Crippen LogP contribution >= 0.6 is 15.9 Å². The Bertz CT molecular complexity index is 594. The van der Waals surface area contributed by atoms with Crippen LogP contribution < -0.4 is 9.47 Å². The molecule has 98 valence electrons. The van der Waals surface area contributed by atoms with Crippen LogP contribution in [0.2, 0.25) is 0 Å². The zero-order valence-electron chi connectivity index (χ0n) is 10.6. The minimum absolute atomic E-state index is 0.0908. The highest BCUT2D eigenvalue weighted by Gasteiger charge is 2.19. The summed E-state index contributed by atoms with van der Waals surface area (Å²) >= 11 is 3.40. The normalized spacial score (nSPS) is 10.1. The molecule has 0 saturated heterocycles. The van der Waals surface area contributed by atoms with E-state index in [1.54, 1.807) is 31.4 Å². The molecule has 0 aliphatic carbocycles. The van der Waals surface area contributed by atoms with Gasteiger partial charge in [-0.3, -0.25) is 4.79 Å². The molecule has 0 fully saturated rings. The number of carbonyl (C=O) groups is 1. The maximum atomic E-state index is 12.5. The smallest absolute Gasteiger partial charge is 0.197 e. The minimum Gasteiger partial charge on any atom is -0.497 e. The standard InChI is InChI=1S/C15H13BrO3/c1-18-11-8-12(16)14(13(9-11)19-2)15(17)10-6-4-3-5-7-10/h3-9H,1-2H3. The second kappa shape index (κ2) is 5.89. The third kappa shape index (κ3) is 2.79. The van der Waals surface area contributed by atoms with Gasteiger partial charge >= 0.3 is 0 Å². The van der Waals surface area contributed by atoms with Gasteiger partial charge in [-0.25, -0.2) is 0 Å². The molecule has 3 nitrogen and oxygen atoms in total. The number of carbonyl (C=O) groups excluding carboxylic acids is 1. The first-order valence-corrected chi connectivity index (χ1v) is 6.48. The second-order valence-corrected chi connectivity index (χ2v) is 4.74. The third-order valence-electron chi connectivity index (χ3n) is 2.75. The van der Waals surface area contributed by atoms with Crippen LogP contribution in [-0.4, -0.2) is 20.0 Å². The average Bonchev–Trinajstić information content (AvgIpc) is 2.46. The number of ether oxygens (including phenoxy) is 2. The molecule has 0 heterocycles. The van der Waals surface area contributed by atoms with Crippen molar-refractivity contribution in [1.29, 1.82) is 0 Å². The van der Waals surface area contributed by atoms with Crippen LogP contribution in [0.5, 0.6) is 11.5 Å². The maximum absolute atomic E-state index is 12.5. The quantitative estimate of drug-likeness (QED) is 0.806. The molecule has 0 aliphatic rings. The Morgan fingerprint density at radius 1 is 1.05 bits per heavy atom. The largest absolute Gasteiger partial charge is 0.497 e. The summed E-state index contributed by atoms with van der Waals surface area (Å²) in [6, 6.07) is 12.5. The molecule has 2 aromatic rings. The zero-order valence-corrected chi connectivity index (χ0v) is 12.2. The molecule has 0 saturated carbocycles. The van der Waals surface area contributed by atoms with E-state index < -0.39 is 0 Å². The molecule has 2 rings (SSSR count). The number of halogens is 1. The maximum Gasteiger partial charge on any atom is 0.197 e. The lowest BCUT2D eigenvalue weighted by Gasteiger charge is -2.12. The van der Waals surface area contributed by atoms with E-state index in [2.05, 4.69) is 15.9 Å². The van der Waals surface area contributed by atoms with Crippen LogP contribution in [0.25, 0.3) is 0 Å². The van der Waals surface area contributed by atoms with Crippen molar-refractivity contribution in [3.05, 3.63) is 58.1 Å². The first-order valence-electron chi connectivity index (χ1n) is 5.68. The average molecular weight is 321 g/mol. The van der Waals surface area contributed by atoms with Crippen molar-refractivity contribution in [2.24, 2.45) is 0 Å². The summed E-state index contributed by atoms with van der Waals surface area (Å²) in [5.74, 6) is 1.03. The fraction of sp³-hybridized carbons (Fsp3) is 0.133. The van der Waals surface area contributed by atoms with E-state index in [0.717, 1.165) is 0 Å². The van der Waals surface area contributed by atoms with Crippen molar-refractivity contribution >= 4 is 21.7 Å². The van der Waals surface area contributed by atoms with Crippen LogP contribution in [0.3, 0.4) is 0 Å². The summed E-state index contributed by atoms with van der Waals surface area (Å²) in [5.41, 5.74) is 1.11. The van der Waals surface area contributed by atoms with Crippen LogP contribution in [0.1, 0.15) is 15.9 Å². The van der Waals surface area contributed by atoms with Gasteiger partial charge in [0.1, 0.15) is 11.5 Å². The van der Waals surface area contributed by atoms with Gasteiger partial charge in [-0.1, -0.05) is 30.3 Å². The van der Waals surface area contributed by atoms with Gasteiger partial charge in [0.15, 0.2) is 5.78 Å². The van der Waals surface area contributed by atoms with Gasteiger partial charge in [0, 0.05) is 16.1 Å². The number of benzene rings is 2. The molecule has 0 amide bonds. The molecular formula is C15H13BrO3. The van der Waals surface area contributed by atoms with E-state index >= 15 is 0 Å².